The Balaban J connectivity index is 2.16. The molecule has 0 aliphatic heterocycles. The van der Waals surface area contributed by atoms with Crippen LogP contribution in [0.4, 0.5) is 5.69 Å². The summed E-state index contributed by atoms with van der Waals surface area (Å²) in [5.74, 6) is 0. The second-order valence-electron chi connectivity index (χ2n) is 3.87. The minimum absolute atomic E-state index is 0.546. The van der Waals surface area contributed by atoms with Crippen molar-refractivity contribution in [2.24, 2.45) is 0 Å². The third-order valence-corrected chi connectivity index (χ3v) is 4.24. The maximum Gasteiger partial charge on any atom is 0.124 e. The van der Waals surface area contributed by atoms with Crippen LogP contribution >= 0.6 is 34.5 Å². The molecule has 90 valence electrons. The molecule has 2 nitrogen and oxygen atoms in total. The molecule has 1 heterocycles. The molecule has 3 aromatic rings. The Kier molecular flexibility index (Phi) is 2.90. The molecule has 0 amide bonds. The van der Waals surface area contributed by atoms with Gasteiger partial charge in [-0.25, -0.2) is 4.98 Å². The highest BCUT2D eigenvalue weighted by Gasteiger charge is 2.08. The van der Waals surface area contributed by atoms with E-state index >= 15 is 0 Å². The Morgan fingerprint density at radius 2 is 1.89 bits per heavy atom. The summed E-state index contributed by atoms with van der Waals surface area (Å²) in [5.41, 5.74) is 8.13. The lowest BCUT2D eigenvalue weighted by atomic mass is 10.2. The zero-order chi connectivity index (χ0) is 12.7. The monoisotopic (exact) mass is 294 g/mol. The third-order valence-electron chi connectivity index (χ3n) is 2.60. The molecule has 0 saturated carbocycles. The lowest BCUT2D eigenvalue weighted by molar-refractivity contribution is 1.48. The van der Waals surface area contributed by atoms with Gasteiger partial charge in [0, 0.05) is 10.6 Å². The van der Waals surface area contributed by atoms with E-state index in [2.05, 4.69) is 4.98 Å². The molecule has 18 heavy (non-hydrogen) atoms. The van der Waals surface area contributed by atoms with Gasteiger partial charge in [-0.1, -0.05) is 23.2 Å². The molecule has 1 aromatic heterocycles. The van der Waals surface area contributed by atoms with Crippen molar-refractivity contribution in [2.75, 3.05) is 5.73 Å². The number of aromatic nitrogens is 1. The lowest BCUT2D eigenvalue weighted by Gasteiger charge is -1.99. The van der Waals surface area contributed by atoms with Gasteiger partial charge in [-0.3, -0.25) is 0 Å². The first-order valence-corrected chi connectivity index (χ1v) is 6.82. The van der Waals surface area contributed by atoms with E-state index in [9.17, 15) is 0 Å². The fraction of sp³-hybridized carbons (Fsp3) is 0. The molecule has 2 N–H and O–H groups in total. The molecular weight excluding hydrogens is 287 g/mol. The maximum absolute atomic E-state index is 6.02. The minimum Gasteiger partial charge on any atom is -0.398 e. The van der Waals surface area contributed by atoms with Crippen molar-refractivity contribution in [3.8, 4) is 10.6 Å². The molecule has 0 bridgehead atoms. The number of thiazole rings is 1. The Morgan fingerprint density at radius 3 is 2.67 bits per heavy atom. The zero-order valence-corrected chi connectivity index (χ0v) is 11.5. The van der Waals surface area contributed by atoms with Crippen LogP contribution in [0, 0.1) is 0 Å². The first-order valence-electron chi connectivity index (χ1n) is 5.25. The van der Waals surface area contributed by atoms with E-state index in [0.29, 0.717) is 15.7 Å². The molecule has 3 rings (SSSR count). The van der Waals surface area contributed by atoms with Crippen molar-refractivity contribution in [3.63, 3.8) is 0 Å². The number of nitrogens with two attached hydrogens (primary N) is 1. The third kappa shape index (κ3) is 2.05. The van der Waals surface area contributed by atoms with Crippen LogP contribution in [0.1, 0.15) is 0 Å². The normalized spacial score (nSPS) is 11.0. The van der Waals surface area contributed by atoms with Crippen molar-refractivity contribution < 1.29 is 0 Å². The van der Waals surface area contributed by atoms with Gasteiger partial charge < -0.3 is 5.73 Å². The zero-order valence-electron chi connectivity index (χ0n) is 9.15. The van der Waals surface area contributed by atoms with Crippen molar-refractivity contribution in [2.45, 2.75) is 0 Å². The maximum atomic E-state index is 6.02. The summed E-state index contributed by atoms with van der Waals surface area (Å²) < 4.78 is 1.10. The number of anilines is 1. The van der Waals surface area contributed by atoms with Crippen LogP contribution in [0.25, 0.3) is 20.8 Å². The molecule has 0 unspecified atom stereocenters. The van der Waals surface area contributed by atoms with E-state index in [-0.39, 0.29) is 0 Å². The summed E-state index contributed by atoms with van der Waals surface area (Å²) >= 11 is 13.6. The topological polar surface area (TPSA) is 38.9 Å². The SMILES string of the molecule is Nc1ccc(-c2nc3cc(Cl)ccc3s2)cc1Cl. The van der Waals surface area contributed by atoms with Crippen LogP contribution in [-0.4, -0.2) is 4.98 Å². The summed E-state index contributed by atoms with van der Waals surface area (Å²) in [4.78, 5) is 4.55. The van der Waals surface area contributed by atoms with Gasteiger partial charge in [0.25, 0.3) is 0 Å². The van der Waals surface area contributed by atoms with Crippen LogP contribution in [0.2, 0.25) is 10.0 Å². The molecule has 2 aromatic carbocycles. The Hall–Kier alpha value is -1.29. The molecule has 0 fully saturated rings. The van der Waals surface area contributed by atoms with Gasteiger partial charge in [0.15, 0.2) is 0 Å². The average molecular weight is 295 g/mol. The van der Waals surface area contributed by atoms with Crippen LogP contribution in [-0.2, 0) is 0 Å². The Bertz CT molecular complexity index is 737. The number of nitrogens with zero attached hydrogens (tertiary/aromatic N) is 1. The summed E-state index contributed by atoms with van der Waals surface area (Å²) in [7, 11) is 0. The molecule has 5 heteroatoms. The van der Waals surface area contributed by atoms with E-state index < -0.39 is 0 Å². The van der Waals surface area contributed by atoms with Gasteiger partial charge in [-0.2, -0.15) is 0 Å². The van der Waals surface area contributed by atoms with Crippen molar-refractivity contribution in [1.82, 2.24) is 4.98 Å². The predicted octanol–water partition coefficient (Wildman–Crippen LogP) is 4.85. The van der Waals surface area contributed by atoms with Crippen molar-refractivity contribution >= 4 is 50.4 Å². The highest BCUT2D eigenvalue weighted by Crippen LogP contribution is 2.33. The first kappa shape index (κ1) is 11.8. The molecule has 0 aliphatic carbocycles. The van der Waals surface area contributed by atoms with E-state index in [4.69, 9.17) is 28.9 Å². The number of fused-ring (bicyclic) bond motifs is 1. The molecule has 0 spiro atoms. The van der Waals surface area contributed by atoms with Crippen molar-refractivity contribution in [1.29, 1.82) is 0 Å². The fourth-order valence-corrected chi connectivity index (χ4v) is 2.97. The van der Waals surface area contributed by atoms with Gasteiger partial charge >= 0.3 is 0 Å². The largest absolute Gasteiger partial charge is 0.398 e. The number of hydrogen-bond acceptors (Lipinski definition) is 3. The highest BCUT2D eigenvalue weighted by atomic mass is 35.5. The number of nitrogen functional groups attached to an aromatic ring is 1. The fourth-order valence-electron chi connectivity index (χ4n) is 1.68. The van der Waals surface area contributed by atoms with Crippen LogP contribution in [0.3, 0.4) is 0 Å². The molecular formula is C13H8Cl2N2S. The molecule has 0 saturated heterocycles. The van der Waals surface area contributed by atoms with Crippen LogP contribution in [0.5, 0.6) is 0 Å². The van der Waals surface area contributed by atoms with Gasteiger partial charge in [-0.15, -0.1) is 11.3 Å². The lowest BCUT2D eigenvalue weighted by Crippen LogP contribution is -1.86. The number of hydrogen-bond donors (Lipinski definition) is 1. The van der Waals surface area contributed by atoms with E-state index in [1.165, 1.54) is 0 Å². The number of halogens is 2. The molecule has 0 radical (unpaired) electrons. The summed E-state index contributed by atoms with van der Waals surface area (Å²) in [5, 5.41) is 2.15. The smallest absolute Gasteiger partial charge is 0.124 e. The summed E-state index contributed by atoms with van der Waals surface area (Å²) in [6.07, 6.45) is 0. The average Bonchev–Trinajstić information content (AvgIpc) is 2.75. The van der Waals surface area contributed by atoms with Gasteiger partial charge in [0.05, 0.1) is 20.9 Å². The second kappa shape index (κ2) is 4.43. The van der Waals surface area contributed by atoms with Crippen LogP contribution < -0.4 is 5.73 Å². The van der Waals surface area contributed by atoms with Gasteiger partial charge in [0.1, 0.15) is 5.01 Å². The van der Waals surface area contributed by atoms with Crippen molar-refractivity contribution in [3.05, 3.63) is 46.4 Å². The first-order chi connectivity index (χ1) is 8.63. The van der Waals surface area contributed by atoms with E-state index in [0.717, 1.165) is 20.8 Å². The summed E-state index contributed by atoms with van der Waals surface area (Å²) in [6, 6.07) is 11.2. The van der Waals surface area contributed by atoms with Gasteiger partial charge in [-0.05, 0) is 36.4 Å². The number of rotatable bonds is 1. The molecule has 0 aliphatic rings. The second-order valence-corrected chi connectivity index (χ2v) is 5.74. The highest BCUT2D eigenvalue weighted by molar-refractivity contribution is 7.21. The minimum atomic E-state index is 0.546. The number of benzene rings is 2. The summed E-state index contributed by atoms with van der Waals surface area (Å²) in [6.45, 7) is 0. The Labute approximate surface area is 118 Å². The predicted molar refractivity (Wildman–Crippen MR) is 79.5 cm³/mol. The van der Waals surface area contributed by atoms with E-state index in [1.807, 2.05) is 30.3 Å². The standard InChI is InChI=1S/C13H8Cl2N2S/c14-8-2-4-12-11(6-8)17-13(18-12)7-1-3-10(16)9(15)5-7/h1-6H,16H2. The quantitative estimate of drug-likeness (QED) is 0.652. The molecule has 0 atom stereocenters. The Morgan fingerprint density at radius 1 is 1.06 bits per heavy atom. The van der Waals surface area contributed by atoms with Crippen LogP contribution in [0.15, 0.2) is 36.4 Å². The van der Waals surface area contributed by atoms with E-state index in [1.54, 1.807) is 17.4 Å². The van der Waals surface area contributed by atoms with Gasteiger partial charge in [0.2, 0.25) is 0 Å².